The number of halogens is 1. The van der Waals surface area contributed by atoms with Crippen LogP contribution in [0.1, 0.15) is 18.1 Å². The molecule has 9 nitrogen and oxygen atoms in total. The number of para-hydroxylation sites is 1. The number of hydrogen-bond acceptors (Lipinski definition) is 8. The second kappa shape index (κ2) is 12.0. The number of aromatic nitrogens is 2. The van der Waals surface area contributed by atoms with Crippen molar-refractivity contribution in [1.82, 2.24) is 9.97 Å². The molecule has 0 aliphatic carbocycles. The van der Waals surface area contributed by atoms with Crippen molar-refractivity contribution in [1.29, 1.82) is 0 Å². The molecule has 0 saturated carbocycles. The van der Waals surface area contributed by atoms with Crippen molar-refractivity contribution in [3.63, 3.8) is 0 Å². The van der Waals surface area contributed by atoms with Crippen LogP contribution in [0.4, 0.5) is 23.0 Å². The molecule has 3 heterocycles. The number of nitrogens with zero attached hydrogens (tertiary/aromatic N) is 2. The van der Waals surface area contributed by atoms with Crippen LogP contribution in [0.3, 0.4) is 0 Å². The summed E-state index contributed by atoms with van der Waals surface area (Å²) < 4.78 is 16.6. The number of hydrogen-bond donors (Lipinski definition) is 3. The van der Waals surface area contributed by atoms with Gasteiger partial charge in [-0.15, -0.1) is 0 Å². The van der Waals surface area contributed by atoms with Crippen molar-refractivity contribution in [2.45, 2.75) is 20.3 Å². The van der Waals surface area contributed by atoms with E-state index in [4.69, 9.17) is 35.8 Å². The number of fused-ring (bicyclic) bond motifs is 1. The zero-order valence-corrected chi connectivity index (χ0v) is 23.7. The van der Waals surface area contributed by atoms with E-state index in [0.29, 0.717) is 58.3 Å². The Hall–Kier alpha value is -4.08. The van der Waals surface area contributed by atoms with E-state index in [9.17, 15) is 4.79 Å². The van der Waals surface area contributed by atoms with Crippen molar-refractivity contribution in [2.24, 2.45) is 5.92 Å². The predicted octanol–water partition coefficient (Wildman–Crippen LogP) is 6.21. The van der Waals surface area contributed by atoms with E-state index in [-0.39, 0.29) is 0 Å². The summed E-state index contributed by atoms with van der Waals surface area (Å²) in [5.41, 5.74) is 4.82. The van der Waals surface area contributed by atoms with Crippen LogP contribution in [0.2, 0.25) is 5.02 Å². The Morgan fingerprint density at radius 3 is 2.62 bits per heavy atom. The van der Waals surface area contributed by atoms with Gasteiger partial charge in [-0.2, -0.15) is 0 Å². The lowest BCUT2D eigenvalue weighted by Crippen LogP contribution is -2.33. The molecule has 0 radical (unpaired) electrons. The Balaban J connectivity index is 1.64. The third-order valence-electron chi connectivity index (χ3n) is 7.07. The zero-order chi connectivity index (χ0) is 28.2. The smallest absolute Gasteiger partial charge is 0.211 e. The molecule has 1 amide bonds. The van der Waals surface area contributed by atoms with Crippen LogP contribution in [-0.4, -0.2) is 50.4 Å². The Labute approximate surface area is 238 Å². The predicted molar refractivity (Wildman–Crippen MR) is 159 cm³/mol. The van der Waals surface area contributed by atoms with E-state index in [1.807, 2.05) is 43.5 Å². The van der Waals surface area contributed by atoms with Crippen molar-refractivity contribution in [3.05, 3.63) is 58.7 Å². The lowest BCUT2D eigenvalue weighted by Gasteiger charge is -2.26. The molecule has 0 atom stereocenters. The summed E-state index contributed by atoms with van der Waals surface area (Å²) >= 11 is 6.88. The largest absolute Gasteiger partial charge is 0.496 e. The summed E-state index contributed by atoms with van der Waals surface area (Å²) in [7, 11) is 3.22. The van der Waals surface area contributed by atoms with Crippen LogP contribution >= 0.6 is 11.6 Å². The number of rotatable bonds is 11. The fourth-order valence-corrected chi connectivity index (χ4v) is 5.21. The first-order valence-corrected chi connectivity index (χ1v) is 13.5. The van der Waals surface area contributed by atoms with Gasteiger partial charge >= 0.3 is 0 Å². The van der Waals surface area contributed by atoms with E-state index in [1.54, 1.807) is 20.3 Å². The van der Waals surface area contributed by atoms with Crippen LogP contribution in [0.5, 0.6) is 11.5 Å². The average Bonchev–Trinajstić information content (AvgIpc) is 2.93. The van der Waals surface area contributed by atoms with Crippen molar-refractivity contribution in [3.8, 4) is 22.8 Å². The average molecular weight is 562 g/mol. The second-order valence-corrected chi connectivity index (χ2v) is 10.00. The first-order chi connectivity index (χ1) is 19.5. The molecule has 1 saturated heterocycles. The van der Waals surface area contributed by atoms with Gasteiger partial charge in [0.05, 0.1) is 49.5 Å². The molecule has 208 valence electrons. The van der Waals surface area contributed by atoms with Crippen molar-refractivity contribution < 1.29 is 19.0 Å². The van der Waals surface area contributed by atoms with E-state index in [0.717, 1.165) is 52.9 Å². The van der Waals surface area contributed by atoms with Gasteiger partial charge in [-0.3, -0.25) is 4.79 Å². The maximum Gasteiger partial charge on any atom is 0.211 e. The molecule has 2 aromatic carbocycles. The van der Waals surface area contributed by atoms with E-state index < -0.39 is 0 Å². The standard InChI is InChI=1S/C30H32ClN5O4/c1-5-20-24(38-3)11-25(39-4)28(31)27(20)23-9-19-13-32-26(36-29-17(2)7-6-8-22(29)34-16-37)10-21(19)30(35-23)33-12-18-14-40-15-18/h6-11,13,16,18H,5,12,14-15H2,1-4H3,(H,32,36)(H,33,35)(H,34,37). The normalized spacial score (nSPS) is 13.0. The molecule has 3 N–H and O–H groups in total. The molecule has 10 heteroatoms. The molecule has 1 aliphatic rings. The molecule has 5 rings (SSSR count). The van der Waals surface area contributed by atoms with Crippen molar-refractivity contribution >= 4 is 51.8 Å². The fourth-order valence-electron chi connectivity index (χ4n) is 4.86. The molecule has 4 aromatic rings. The minimum atomic E-state index is 0.413. The monoisotopic (exact) mass is 561 g/mol. The number of aryl methyl sites for hydroxylation is 1. The number of ether oxygens (including phenoxy) is 3. The van der Waals surface area contributed by atoms with Crippen LogP contribution in [0.25, 0.3) is 22.0 Å². The quantitative estimate of drug-likeness (QED) is 0.186. The third-order valence-corrected chi connectivity index (χ3v) is 7.44. The molecule has 40 heavy (non-hydrogen) atoms. The van der Waals surface area contributed by atoms with Crippen molar-refractivity contribution in [2.75, 3.05) is 49.9 Å². The number of methoxy groups -OCH3 is 2. The van der Waals surface area contributed by atoms with E-state index in [2.05, 4.69) is 22.9 Å². The highest BCUT2D eigenvalue weighted by molar-refractivity contribution is 6.35. The molecule has 0 unspecified atom stereocenters. The number of nitrogens with one attached hydrogen (secondary N) is 3. The van der Waals surface area contributed by atoms with Gasteiger partial charge in [-0.1, -0.05) is 30.7 Å². The highest BCUT2D eigenvalue weighted by atomic mass is 35.5. The summed E-state index contributed by atoms with van der Waals surface area (Å²) in [6.45, 7) is 6.19. The number of amides is 1. The van der Waals surface area contributed by atoms with Gasteiger partial charge < -0.3 is 30.2 Å². The lowest BCUT2D eigenvalue weighted by atomic mass is 9.98. The van der Waals surface area contributed by atoms with E-state index >= 15 is 0 Å². The Morgan fingerprint density at radius 1 is 1.15 bits per heavy atom. The minimum Gasteiger partial charge on any atom is -0.496 e. The number of anilines is 4. The zero-order valence-electron chi connectivity index (χ0n) is 22.9. The summed E-state index contributed by atoms with van der Waals surface area (Å²) in [5.74, 6) is 2.95. The summed E-state index contributed by atoms with van der Waals surface area (Å²) in [6, 6.07) is 11.4. The number of pyridine rings is 2. The highest BCUT2D eigenvalue weighted by Crippen LogP contribution is 2.44. The molecule has 1 fully saturated rings. The number of carbonyl (C=O) groups excluding carboxylic acids is 1. The minimum absolute atomic E-state index is 0.413. The number of carbonyl (C=O) groups is 1. The van der Waals surface area contributed by atoms with Gasteiger partial charge in [0.2, 0.25) is 6.41 Å². The lowest BCUT2D eigenvalue weighted by molar-refractivity contribution is -0.105. The molecule has 2 aromatic heterocycles. The molecular formula is C30H32ClN5O4. The highest BCUT2D eigenvalue weighted by Gasteiger charge is 2.23. The van der Waals surface area contributed by atoms with Gasteiger partial charge in [0.1, 0.15) is 23.1 Å². The summed E-state index contributed by atoms with van der Waals surface area (Å²) in [4.78, 5) is 20.9. The van der Waals surface area contributed by atoms with Crippen LogP contribution in [0.15, 0.2) is 42.6 Å². The first-order valence-electron chi connectivity index (χ1n) is 13.1. The summed E-state index contributed by atoms with van der Waals surface area (Å²) in [5, 5.41) is 11.9. The fraction of sp³-hybridized carbons (Fsp3) is 0.300. The Bertz CT molecular complexity index is 1560. The second-order valence-electron chi connectivity index (χ2n) is 9.62. The van der Waals surface area contributed by atoms with Gasteiger partial charge in [0.15, 0.2) is 0 Å². The van der Waals surface area contributed by atoms with Gasteiger partial charge in [0.25, 0.3) is 0 Å². The van der Waals surface area contributed by atoms with Crippen LogP contribution in [-0.2, 0) is 16.0 Å². The van der Waals surface area contributed by atoms with Gasteiger partial charge in [-0.05, 0) is 37.1 Å². The van der Waals surface area contributed by atoms with Gasteiger partial charge in [-0.25, -0.2) is 9.97 Å². The summed E-state index contributed by atoms with van der Waals surface area (Å²) in [6.07, 6.45) is 3.16. The van der Waals surface area contributed by atoms with E-state index in [1.165, 1.54) is 0 Å². The Morgan fingerprint density at radius 2 is 1.95 bits per heavy atom. The molecule has 1 aliphatic heterocycles. The molecular weight excluding hydrogens is 530 g/mol. The topological polar surface area (TPSA) is 107 Å². The third kappa shape index (κ3) is 5.35. The van der Waals surface area contributed by atoms with Gasteiger partial charge in [0, 0.05) is 46.6 Å². The molecule has 0 bridgehead atoms. The first kappa shape index (κ1) is 27.5. The van der Waals surface area contributed by atoms with Crippen LogP contribution < -0.4 is 25.4 Å². The maximum atomic E-state index is 11.2. The maximum absolute atomic E-state index is 11.2. The molecule has 0 spiro atoms. The Kier molecular flexibility index (Phi) is 8.23. The number of benzene rings is 2. The van der Waals surface area contributed by atoms with Crippen LogP contribution in [0, 0.1) is 12.8 Å². The SMILES string of the molecule is CCc1c(OC)cc(OC)c(Cl)c1-c1cc2cnc(Nc3c(C)cccc3NC=O)cc2c(NCC2COC2)n1.